The van der Waals surface area contributed by atoms with Crippen molar-refractivity contribution < 1.29 is 4.74 Å². The molecule has 1 unspecified atom stereocenters. The van der Waals surface area contributed by atoms with Crippen molar-refractivity contribution in [1.29, 1.82) is 0 Å². The highest BCUT2D eigenvalue weighted by Crippen LogP contribution is 2.31. The number of hydrogen-bond acceptors (Lipinski definition) is 3. The van der Waals surface area contributed by atoms with Gasteiger partial charge in [0.2, 0.25) is 0 Å². The summed E-state index contributed by atoms with van der Waals surface area (Å²) in [4.78, 5) is 0. The van der Waals surface area contributed by atoms with Crippen LogP contribution in [0.4, 0.5) is 0 Å². The molecule has 4 heteroatoms. The van der Waals surface area contributed by atoms with Gasteiger partial charge in [-0.15, -0.1) is 0 Å². The van der Waals surface area contributed by atoms with Crippen molar-refractivity contribution in [1.82, 2.24) is 0 Å². The molecule has 1 aromatic carbocycles. The molecule has 0 bridgehead atoms. The summed E-state index contributed by atoms with van der Waals surface area (Å²) in [6, 6.07) is 5.51. The Labute approximate surface area is 110 Å². The van der Waals surface area contributed by atoms with Crippen molar-refractivity contribution in [2.24, 2.45) is 5.73 Å². The SMILES string of the molecule is COc1cc(C(N)c2cscc2C)ccc1Cl. The zero-order valence-corrected chi connectivity index (χ0v) is 11.3. The summed E-state index contributed by atoms with van der Waals surface area (Å²) >= 11 is 7.66. The van der Waals surface area contributed by atoms with Gasteiger partial charge in [0.25, 0.3) is 0 Å². The molecule has 0 saturated carbocycles. The first-order valence-corrected chi connectivity index (χ1v) is 6.57. The largest absolute Gasteiger partial charge is 0.495 e. The van der Waals surface area contributed by atoms with Gasteiger partial charge in [-0.3, -0.25) is 0 Å². The summed E-state index contributed by atoms with van der Waals surface area (Å²) < 4.78 is 5.20. The summed E-state index contributed by atoms with van der Waals surface area (Å²) in [6.45, 7) is 2.07. The number of rotatable bonds is 3. The van der Waals surface area contributed by atoms with E-state index in [2.05, 4.69) is 17.7 Å². The van der Waals surface area contributed by atoms with Gasteiger partial charge in [0.05, 0.1) is 18.2 Å². The van der Waals surface area contributed by atoms with Gasteiger partial charge >= 0.3 is 0 Å². The van der Waals surface area contributed by atoms with E-state index in [4.69, 9.17) is 22.1 Å². The minimum absolute atomic E-state index is 0.132. The first kappa shape index (κ1) is 12.4. The van der Waals surface area contributed by atoms with Crippen molar-refractivity contribution in [3.05, 3.63) is 50.7 Å². The van der Waals surface area contributed by atoms with Gasteiger partial charge in [-0.05, 0) is 46.5 Å². The van der Waals surface area contributed by atoms with Gasteiger partial charge in [0.15, 0.2) is 0 Å². The smallest absolute Gasteiger partial charge is 0.137 e. The predicted octanol–water partition coefficient (Wildman–Crippen LogP) is 3.77. The van der Waals surface area contributed by atoms with E-state index in [0.29, 0.717) is 10.8 Å². The molecule has 1 heterocycles. The van der Waals surface area contributed by atoms with E-state index >= 15 is 0 Å². The number of nitrogens with two attached hydrogens (primary N) is 1. The van der Waals surface area contributed by atoms with Crippen LogP contribution in [0.3, 0.4) is 0 Å². The molecule has 2 rings (SSSR count). The summed E-state index contributed by atoms with van der Waals surface area (Å²) in [5.74, 6) is 0.660. The lowest BCUT2D eigenvalue weighted by molar-refractivity contribution is 0.414. The molecule has 2 nitrogen and oxygen atoms in total. The van der Waals surface area contributed by atoms with E-state index in [-0.39, 0.29) is 6.04 Å². The Morgan fingerprint density at radius 2 is 2.12 bits per heavy atom. The fraction of sp³-hybridized carbons (Fsp3) is 0.231. The lowest BCUT2D eigenvalue weighted by atomic mass is 9.99. The second kappa shape index (κ2) is 5.08. The highest BCUT2D eigenvalue weighted by atomic mass is 35.5. The van der Waals surface area contributed by atoms with Gasteiger partial charge in [-0.25, -0.2) is 0 Å². The molecule has 90 valence electrons. The Balaban J connectivity index is 2.38. The Bertz CT molecular complexity index is 524. The van der Waals surface area contributed by atoms with Crippen molar-refractivity contribution in [2.45, 2.75) is 13.0 Å². The molecule has 0 radical (unpaired) electrons. The van der Waals surface area contributed by atoms with Gasteiger partial charge in [0, 0.05) is 0 Å². The van der Waals surface area contributed by atoms with Crippen LogP contribution in [-0.4, -0.2) is 7.11 Å². The molecular weight excluding hydrogens is 254 g/mol. The van der Waals surface area contributed by atoms with Crippen LogP contribution in [0.15, 0.2) is 29.0 Å². The molecule has 2 aromatic rings. The monoisotopic (exact) mass is 267 g/mol. The first-order chi connectivity index (χ1) is 8.13. The maximum absolute atomic E-state index is 6.24. The first-order valence-electron chi connectivity index (χ1n) is 5.25. The van der Waals surface area contributed by atoms with Crippen LogP contribution >= 0.6 is 22.9 Å². The zero-order chi connectivity index (χ0) is 12.4. The van der Waals surface area contributed by atoms with E-state index in [0.717, 1.165) is 11.1 Å². The third-order valence-corrected chi connectivity index (χ3v) is 3.96. The van der Waals surface area contributed by atoms with Crippen molar-refractivity contribution in [3.63, 3.8) is 0 Å². The summed E-state index contributed by atoms with van der Waals surface area (Å²) in [7, 11) is 1.60. The van der Waals surface area contributed by atoms with Crippen LogP contribution in [0.5, 0.6) is 5.75 Å². The minimum Gasteiger partial charge on any atom is -0.495 e. The van der Waals surface area contributed by atoms with Crippen LogP contribution in [0.2, 0.25) is 5.02 Å². The summed E-state index contributed by atoms with van der Waals surface area (Å²) in [5, 5.41) is 4.79. The molecule has 17 heavy (non-hydrogen) atoms. The number of halogens is 1. The highest BCUT2D eigenvalue weighted by Gasteiger charge is 2.13. The third-order valence-electron chi connectivity index (χ3n) is 2.76. The molecule has 0 fully saturated rings. The topological polar surface area (TPSA) is 35.2 Å². The van der Waals surface area contributed by atoms with Crippen molar-refractivity contribution in [3.8, 4) is 5.75 Å². The van der Waals surface area contributed by atoms with Crippen molar-refractivity contribution >= 4 is 22.9 Å². The van der Waals surface area contributed by atoms with E-state index in [9.17, 15) is 0 Å². The number of aryl methyl sites for hydroxylation is 1. The number of thiophene rings is 1. The lowest BCUT2D eigenvalue weighted by Gasteiger charge is -2.14. The quantitative estimate of drug-likeness (QED) is 0.919. The van der Waals surface area contributed by atoms with Crippen LogP contribution in [0, 0.1) is 6.92 Å². The molecule has 2 N–H and O–H groups in total. The fourth-order valence-electron chi connectivity index (χ4n) is 1.74. The van der Waals surface area contributed by atoms with E-state index in [1.54, 1.807) is 18.4 Å². The average molecular weight is 268 g/mol. The van der Waals surface area contributed by atoms with Crippen LogP contribution in [0.1, 0.15) is 22.7 Å². The average Bonchev–Trinajstić information content (AvgIpc) is 2.75. The number of methoxy groups -OCH3 is 1. The van der Waals surface area contributed by atoms with E-state index in [1.807, 2.05) is 18.2 Å². The van der Waals surface area contributed by atoms with Crippen LogP contribution in [-0.2, 0) is 0 Å². The maximum atomic E-state index is 6.24. The fourth-order valence-corrected chi connectivity index (χ4v) is 2.82. The molecular formula is C13H14ClNOS. The van der Waals surface area contributed by atoms with Gasteiger partial charge in [0.1, 0.15) is 5.75 Å². The van der Waals surface area contributed by atoms with Gasteiger partial charge < -0.3 is 10.5 Å². The van der Waals surface area contributed by atoms with Gasteiger partial charge in [-0.1, -0.05) is 17.7 Å². The molecule has 0 spiro atoms. The zero-order valence-electron chi connectivity index (χ0n) is 9.74. The number of ether oxygens (including phenoxy) is 1. The second-order valence-corrected chi connectivity index (χ2v) is 5.03. The Hall–Kier alpha value is -1.03. The molecule has 0 saturated heterocycles. The standard InChI is InChI=1S/C13H14ClNOS/c1-8-6-17-7-10(8)13(15)9-3-4-11(14)12(5-9)16-2/h3-7,13H,15H2,1-2H3. The maximum Gasteiger partial charge on any atom is 0.137 e. The molecule has 1 aromatic heterocycles. The predicted molar refractivity (Wildman–Crippen MR) is 73.1 cm³/mol. The molecule has 0 aliphatic rings. The number of hydrogen-bond donors (Lipinski definition) is 1. The normalized spacial score (nSPS) is 12.5. The Morgan fingerprint density at radius 3 is 2.71 bits per heavy atom. The lowest BCUT2D eigenvalue weighted by Crippen LogP contribution is -2.12. The number of benzene rings is 1. The van der Waals surface area contributed by atoms with Crippen LogP contribution < -0.4 is 10.5 Å². The second-order valence-electron chi connectivity index (χ2n) is 3.88. The van der Waals surface area contributed by atoms with E-state index < -0.39 is 0 Å². The van der Waals surface area contributed by atoms with Crippen LogP contribution in [0.25, 0.3) is 0 Å². The van der Waals surface area contributed by atoms with E-state index in [1.165, 1.54) is 5.56 Å². The summed E-state index contributed by atoms with van der Waals surface area (Å²) in [6.07, 6.45) is 0. The molecule has 0 aliphatic heterocycles. The highest BCUT2D eigenvalue weighted by molar-refractivity contribution is 7.08. The molecule has 0 amide bonds. The minimum atomic E-state index is -0.132. The Kier molecular flexibility index (Phi) is 3.72. The third kappa shape index (κ3) is 2.46. The summed E-state index contributed by atoms with van der Waals surface area (Å²) in [5.41, 5.74) is 9.62. The Morgan fingerprint density at radius 1 is 1.35 bits per heavy atom. The molecule has 0 aliphatic carbocycles. The van der Waals surface area contributed by atoms with Crippen molar-refractivity contribution in [2.75, 3.05) is 7.11 Å². The van der Waals surface area contributed by atoms with Gasteiger partial charge in [-0.2, -0.15) is 11.3 Å². The molecule has 1 atom stereocenters.